The predicted octanol–water partition coefficient (Wildman–Crippen LogP) is -1.45. The fraction of sp³-hybridized carbons (Fsp3) is 0.600. The molecule has 0 aliphatic carbocycles. The zero-order valence-corrected chi connectivity index (χ0v) is 8.75. The van der Waals surface area contributed by atoms with Gasteiger partial charge in [-0.15, -0.1) is 0 Å². The standard InChI is InChI=1S/C5H11Si.ClH.Mg/c1-5-6(2,3)4;;/h5H,1-2H2,3-4H3;1H;/q;;+1/p-1. The molecule has 0 aliphatic heterocycles. The van der Waals surface area contributed by atoms with Gasteiger partial charge in [-0.25, -0.2) is 0 Å². The van der Waals surface area contributed by atoms with Gasteiger partial charge in [-0.1, -0.05) is 0 Å². The van der Waals surface area contributed by atoms with Gasteiger partial charge in [-0.2, -0.15) is 0 Å². The van der Waals surface area contributed by atoms with Gasteiger partial charge in [0.2, 0.25) is 0 Å². The quantitative estimate of drug-likeness (QED) is 0.432. The van der Waals surface area contributed by atoms with E-state index in [9.17, 15) is 0 Å². The molecule has 0 atom stereocenters. The van der Waals surface area contributed by atoms with Crippen LogP contribution in [0.25, 0.3) is 0 Å². The Morgan fingerprint density at radius 2 is 2.00 bits per heavy atom. The largest absolute Gasteiger partial charge is 1.00 e. The SMILES string of the molecule is C=C[Si](C)(C)[CH2][Mg+].[Cl-]. The van der Waals surface area contributed by atoms with Crippen LogP contribution in [0.3, 0.4) is 0 Å². The second-order valence-electron chi connectivity index (χ2n) is 2.44. The zero-order chi connectivity index (χ0) is 5.91. The van der Waals surface area contributed by atoms with Crippen molar-refractivity contribution in [2.75, 3.05) is 0 Å². The van der Waals surface area contributed by atoms with Crippen LogP contribution in [0.2, 0.25) is 17.3 Å². The van der Waals surface area contributed by atoms with E-state index in [1.165, 1.54) is 4.17 Å². The monoisotopic (exact) mass is 158 g/mol. The summed E-state index contributed by atoms with van der Waals surface area (Å²) in [4.78, 5) is 0. The minimum Gasteiger partial charge on any atom is -1.00 e. The maximum atomic E-state index is 3.77. The van der Waals surface area contributed by atoms with E-state index in [1.54, 1.807) is 0 Å². The van der Waals surface area contributed by atoms with Crippen LogP contribution in [0.5, 0.6) is 0 Å². The molecule has 3 heteroatoms. The molecular weight excluding hydrogens is 148 g/mol. The van der Waals surface area contributed by atoms with Gasteiger partial charge in [0.25, 0.3) is 0 Å². The van der Waals surface area contributed by atoms with Crippen molar-refractivity contribution in [3.63, 3.8) is 0 Å². The predicted molar refractivity (Wildman–Crippen MR) is 38.2 cm³/mol. The van der Waals surface area contributed by atoms with Gasteiger partial charge in [-0.3, -0.25) is 0 Å². The normalized spacial score (nSPS) is 10.0. The smallest absolute Gasteiger partial charge is 1.00 e. The number of rotatable bonds is 2. The topological polar surface area (TPSA) is 0 Å². The molecule has 0 nitrogen and oxygen atoms in total. The number of hydrogen-bond acceptors (Lipinski definition) is 0. The van der Waals surface area contributed by atoms with E-state index in [1.807, 2.05) is 0 Å². The summed E-state index contributed by atoms with van der Waals surface area (Å²) >= 11 is 2.05. The Morgan fingerprint density at radius 1 is 1.62 bits per heavy atom. The van der Waals surface area contributed by atoms with Crippen molar-refractivity contribution in [2.24, 2.45) is 0 Å². The first-order chi connectivity index (χ1) is 3.12. The Hall–Kier alpha value is 1.01. The molecule has 0 saturated heterocycles. The molecular formula is C5H11ClMgSi. The summed E-state index contributed by atoms with van der Waals surface area (Å²) < 4.78 is 1.34. The molecule has 0 fully saturated rings. The average Bonchev–Trinajstić information content (AvgIpc) is 1.68. The van der Waals surface area contributed by atoms with E-state index in [2.05, 4.69) is 47.1 Å². The molecule has 44 valence electrons. The summed E-state index contributed by atoms with van der Waals surface area (Å²) in [6.07, 6.45) is 0. The summed E-state index contributed by atoms with van der Waals surface area (Å²) in [5, 5.41) is 0. The summed E-state index contributed by atoms with van der Waals surface area (Å²) in [6.45, 7) is 8.42. The molecule has 0 amide bonds. The first-order valence-electron chi connectivity index (χ1n) is 2.55. The second-order valence-corrected chi connectivity index (χ2v) is 8.83. The van der Waals surface area contributed by atoms with Crippen LogP contribution >= 0.6 is 0 Å². The number of hydrogen-bond donors (Lipinski definition) is 0. The van der Waals surface area contributed by atoms with Crippen molar-refractivity contribution in [1.82, 2.24) is 0 Å². The minimum absolute atomic E-state index is 0. The number of halogens is 1. The van der Waals surface area contributed by atoms with Crippen LogP contribution in [-0.4, -0.2) is 29.8 Å². The van der Waals surface area contributed by atoms with Crippen LogP contribution in [0.15, 0.2) is 12.3 Å². The van der Waals surface area contributed by atoms with E-state index in [0.717, 1.165) is 0 Å². The second kappa shape index (κ2) is 4.85. The van der Waals surface area contributed by atoms with Gasteiger partial charge >= 0.3 is 59.3 Å². The molecule has 0 aromatic carbocycles. The first-order valence-corrected chi connectivity index (χ1v) is 6.83. The Bertz CT molecular complexity index is 72.8. The molecule has 0 spiro atoms. The van der Waals surface area contributed by atoms with Crippen molar-refractivity contribution in [2.45, 2.75) is 17.3 Å². The fourth-order valence-corrected chi connectivity index (χ4v) is 0.919. The molecule has 8 heavy (non-hydrogen) atoms. The summed E-state index contributed by atoms with van der Waals surface area (Å²) in [5.41, 5.74) is 2.14. The van der Waals surface area contributed by atoms with Crippen LogP contribution in [0.4, 0.5) is 0 Å². The van der Waals surface area contributed by atoms with Crippen molar-refractivity contribution >= 4 is 29.8 Å². The molecule has 0 bridgehead atoms. The van der Waals surface area contributed by atoms with Gasteiger partial charge in [0.15, 0.2) is 0 Å². The van der Waals surface area contributed by atoms with Crippen molar-refractivity contribution in [1.29, 1.82) is 0 Å². The molecule has 0 saturated carbocycles. The van der Waals surface area contributed by atoms with Gasteiger partial charge in [0, 0.05) is 0 Å². The molecule has 0 N–H and O–H groups in total. The van der Waals surface area contributed by atoms with E-state index in [0.29, 0.717) is 0 Å². The minimum atomic E-state index is -0.875. The van der Waals surface area contributed by atoms with Crippen LogP contribution in [0.1, 0.15) is 0 Å². The van der Waals surface area contributed by atoms with E-state index in [-0.39, 0.29) is 12.4 Å². The van der Waals surface area contributed by atoms with Crippen LogP contribution in [0, 0.1) is 0 Å². The maximum Gasteiger partial charge on any atom is -1.00 e. The van der Waals surface area contributed by atoms with Gasteiger partial charge in [0.1, 0.15) is 0 Å². The van der Waals surface area contributed by atoms with Crippen molar-refractivity contribution < 1.29 is 12.4 Å². The van der Waals surface area contributed by atoms with E-state index in [4.69, 9.17) is 0 Å². The molecule has 0 rings (SSSR count). The Kier molecular flexibility index (Phi) is 7.14. The molecule has 0 unspecified atom stereocenters. The third-order valence-corrected chi connectivity index (χ3v) is 7.46. The maximum absolute atomic E-state index is 3.77. The molecule has 0 aliphatic rings. The van der Waals surface area contributed by atoms with Gasteiger partial charge < -0.3 is 12.4 Å². The van der Waals surface area contributed by atoms with E-state index >= 15 is 0 Å². The van der Waals surface area contributed by atoms with Crippen molar-refractivity contribution in [3.05, 3.63) is 12.3 Å². The molecule has 0 aromatic rings. The molecule has 0 heterocycles. The Morgan fingerprint density at radius 3 is 2.00 bits per heavy atom. The summed E-state index contributed by atoms with van der Waals surface area (Å²) in [7, 11) is -0.875. The fourth-order valence-electron chi connectivity index (χ4n) is 0.102. The average molecular weight is 159 g/mol. The van der Waals surface area contributed by atoms with Crippen LogP contribution < -0.4 is 12.4 Å². The first kappa shape index (κ1) is 11.8. The van der Waals surface area contributed by atoms with E-state index < -0.39 is 8.07 Å². The molecule has 0 aromatic heterocycles. The summed E-state index contributed by atoms with van der Waals surface area (Å²) in [5.74, 6) is 0. The Balaban J connectivity index is 0. The third kappa shape index (κ3) is 5.16. The summed E-state index contributed by atoms with van der Waals surface area (Å²) in [6, 6.07) is 0. The van der Waals surface area contributed by atoms with Gasteiger partial charge in [-0.05, 0) is 0 Å². The van der Waals surface area contributed by atoms with Gasteiger partial charge in [0.05, 0.1) is 0 Å². The third-order valence-electron chi connectivity index (χ3n) is 1.20. The van der Waals surface area contributed by atoms with Crippen molar-refractivity contribution in [3.8, 4) is 0 Å². The Labute approximate surface area is 71.6 Å². The molecule has 0 radical (unpaired) electrons. The van der Waals surface area contributed by atoms with Crippen LogP contribution in [-0.2, 0) is 0 Å². The zero-order valence-electron chi connectivity index (χ0n) is 5.58.